The van der Waals surface area contributed by atoms with Crippen LogP contribution in [-0.4, -0.2) is 29.6 Å². The molecular formula is C14H20O4. The summed E-state index contributed by atoms with van der Waals surface area (Å²) < 4.78 is 5.71. The van der Waals surface area contributed by atoms with Gasteiger partial charge >= 0.3 is 5.97 Å². The molecule has 0 radical (unpaired) electrons. The number of carboxylic acids is 1. The Morgan fingerprint density at radius 2 is 2.17 bits per heavy atom. The van der Waals surface area contributed by atoms with Crippen LogP contribution in [-0.2, 0) is 14.3 Å². The summed E-state index contributed by atoms with van der Waals surface area (Å²) in [6, 6.07) is 0. The number of carbonyl (C=O) groups is 2. The monoisotopic (exact) mass is 252 g/mol. The average molecular weight is 252 g/mol. The standard InChI is InChI=1S/C14H20O4/c1-2-3-4-5-9(14(16)17)13-10(8-15)11-6-7-12(13)18-11/h2-3,8-13H,4-7H2,1H3,(H,16,17). The molecule has 5 unspecified atom stereocenters. The number of hydrogen-bond donors (Lipinski definition) is 1. The molecule has 100 valence electrons. The fraction of sp³-hybridized carbons (Fsp3) is 0.714. The third-order valence-corrected chi connectivity index (χ3v) is 4.21. The number of allylic oxidation sites excluding steroid dienone is 2. The zero-order chi connectivity index (χ0) is 13.1. The SMILES string of the molecule is CC=CCCC(C(=O)O)C1C2CCC(O2)C1C=O. The van der Waals surface area contributed by atoms with E-state index in [4.69, 9.17) is 4.74 Å². The lowest BCUT2D eigenvalue weighted by Gasteiger charge is -2.29. The molecule has 4 nitrogen and oxygen atoms in total. The lowest BCUT2D eigenvalue weighted by Crippen LogP contribution is -2.37. The van der Waals surface area contributed by atoms with E-state index in [0.717, 1.165) is 25.5 Å². The van der Waals surface area contributed by atoms with Crippen molar-refractivity contribution in [3.8, 4) is 0 Å². The Kier molecular flexibility index (Phi) is 4.17. The molecular weight excluding hydrogens is 232 g/mol. The molecule has 2 rings (SSSR count). The smallest absolute Gasteiger partial charge is 0.306 e. The van der Waals surface area contributed by atoms with Crippen molar-refractivity contribution in [2.45, 2.75) is 44.8 Å². The summed E-state index contributed by atoms with van der Waals surface area (Å²) in [4.78, 5) is 22.6. The first-order chi connectivity index (χ1) is 8.69. The van der Waals surface area contributed by atoms with Crippen LogP contribution < -0.4 is 0 Å². The van der Waals surface area contributed by atoms with Gasteiger partial charge in [0.25, 0.3) is 0 Å². The van der Waals surface area contributed by atoms with Gasteiger partial charge in [0, 0.05) is 11.8 Å². The Balaban J connectivity index is 2.09. The summed E-state index contributed by atoms with van der Waals surface area (Å²) in [5.41, 5.74) is 0. The maximum Gasteiger partial charge on any atom is 0.306 e. The molecule has 5 atom stereocenters. The number of carboxylic acid groups (broad SMARTS) is 1. The van der Waals surface area contributed by atoms with Gasteiger partial charge in [-0.2, -0.15) is 0 Å². The molecule has 2 aliphatic heterocycles. The van der Waals surface area contributed by atoms with Crippen LogP contribution in [0.3, 0.4) is 0 Å². The number of carbonyl (C=O) groups excluding carboxylic acids is 1. The van der Waals surface area contributed by atoms with Crippen molar-refractivity contribution in [3.63, 3.8) is 0 Å². The van der Waals surface area contributed by atoms with Crippen LogP contribution in [0.25, 0.3) is 0 Å². The summed E-state index contributed by atoms with van der Waals surface area (Å²) in [6.07, 6.45) is 7.85. The van der Waals surface area contributed by atoms with Crippen molar-refractivity contribution >= 4 is 12.3 Å². The predicted octanol–water partition coefficient (Wildman–Crippen LogP) is 2.04. The van der Waals surface area contributed by atoms with Crippen molar-refractivity contribution < 1.29 is 19.4 Å². The Morgan fingerprint density at radius 1 is 1.44 bits per heavy atom. The molecule has 18 heavy (non-hydrogen) atoms. The normalized spacial score (nSPS) is 36.1. The number of rotatable bonds is 6. The topological polar surface area (TPSA) is 63.6 Å². The molecule has 0 aromatic heterocycles. The van der Waals surface area contributed by atoms with E-state index in [0.29, 0.717) is 6.42 Å². The van der Waals surface area contributed by atoms with Crippen molar-refractivity contribution in [1.82, 2.24) is 0 Å². The minimum Gasteiger partial charge on any atom is -0.481 e. The van der Waals surface area contributed by atoms with E-state index in [-0.39, 0.29) is 24.0 Å². The van der Waals surface area contributed by atoms with Gasteiger partial charge in [-0.05, 0) is 32.6 Å². The molecule has 2 bridgehead atoms. The maximum atomic E-state index is 11.4. The summed E-state index contributed by atoms with van der Waals surface area (Å²) in [5, 5.41) is 9.38. The Labute approximate surface area is 107 Å². The molecule has 0 aliphatic carbocycles. The highest BCUT2D eigenvalue weighted by molar-refractivity contribution is 5.72. The third kappa shape index (κ3) is 2.34. The highest BCUT2D eigenvalue weighted by Crippen LogP contribution is 2.47. The van der Waals surface area contributed by atoms with Crippen LogP contribution in [0.5, 0.6) is 0 Å². The Hall–Kier alpha value is -1.16. The van der Waals surface area contributed by atoms with Gasteiger partial charge in [-0.15, -0.1) is 0 Å². The Bertz CT molecular complexity index is 350. The highest BCUT2D eigenvalue weighted by Gasteiger charge is 2.53. The van der Waals surface area contributed by atoms with E-state index in [9.17, 15) is 14.7 Å². The molecule has 2 saturated heterocycles. The average Bonchev–Trinajstić information content (AvgIpc) is 2.94. The molecule has 1 N–H and O–H groups in total. The lowest BCUT2D eigenvalue weighted by molar-refractivity contribution is -0.145. The van der Waals surface area contributed by atoms with Crippen LogP contribution in [0.15, 0.2) is 12.2 Å². The van der Waals surface area contributed by atoms with Gasteiger partial charge in [-0.3, -0.25) is 4.79 Å². The van der Waals surface area contributed by atoms with Crippen molar-refractivity contribution in [2.75, 3.05) is 0 Å². The van der Waals surface area contributed by atoms with Gasteiger partial charge < -0.3 is 14.6 Å². The Morgan fingerprint density at radius 3 is 2.78 bits per heavy atom. The fourth-order valence-electron chi connectivity index (χ4n) is 3.38. The third-order valence-electron chi connectivity index (χ3n) is 4.21. The molecule has 2 fully saturated rings. The van der Waals surface area contributed by atoms with E-state index < -0.39 is 11.9 Å². The molecule has 4 heteroatoms. The van der Waals surface area contributed by atoms with Gasteiger partial charge in [0.15, 0.2) is 0 Å². The highest BCUT2D eigenvalue weighted by atomic mass is 16.5. The number of aldehydes is 1. The summed E-state index contributed by atoms with van der Waals surface area (Å²) >= 11 is 0. The van der Waals surface area contributed by atoms with E-state index in [1.807, 2.05) is 19.1 Å². The van der Waals surface area contributed by atoms with E-state index in [2.05, 4.69) is 0 Å². The largest absolute Gasteiger partial charge is 0.481 e. The van der Waals surface area contributed by atoms with Crippen LogP contribution in [0.2, 0.25) is 0 Å². The van der Waals surface area contributed by atoms with Gasteiger partial charge in [0.05, 0.1) is 18.1 Å². The van der Waals surface area contributed by atoms with Crippen molar-refractivity contribution in [3.05, 3.63) is 12.2 Å². The molecule has 0 spiro atoms. The minimum atomic E-state index is -0.799. The quantitative estimate of drug-likeness (QED) is 0.580. The van der Waals surface area contributed by atoms with Gasteiger partial charge in [-0.1, -0.05) is 12.2 Å². The second kappa shape index (κ2) is 5.65. The van der Waals surface area contributed by atoms with Gasteiger partial charge in [0.2, 0.25) is 0 Å². The minimum absolute atomic E-state index is 0.0306. The second-order valence-electron chi connectivity index (χ2n) is 5.17. The zero-order valence-corrected chi connectivity index (χ0v) is 10.6. The zero-order valence-electron chi connectivity index (χ0n) is 10.6. The summed E-state index contributed by atoms with van der Waals surface area (Å²) in [5.74, 6) is -1.63. The van der Waals surface area contributed by atoms with E-state index in [1.165, 1.54) is 0 Å². The first-order valence-corrected chi connectivity index (χ1v) is 6.63. The van der Waals surface area contributed by atoms with Crippen LogP contribution in [0, 0.1) is 17.8 Å². The number of ether oxygens (including phenoxy) is 1. The lowest BCUT2D eigenvalue weighted by atomic mass is 9.71. The summed E-state index contributed by atoms with van der Waals surface area (Å²) in [7, 11) is 0. The number of aliphatic carboxylic acids is 1. The molecule has 2 heterocycles. The molecule has 2 aliphatic rings. The van der Waals surface area contributed by atoms with Crippen molar-refractivity contribution in [1.29, 1.82) is 0 Å². The summed E-state index contributed by atoms with van der Waals surface area (Å²) in [6.45, 7) is 1.92. The first kappa shape index (κ1) is 13.3. The van der Waals surface area contributed by atoms with Gasteiger partial charge in [0.1, 0.15) is 6.29 Å². The van der Waals surface area contributed by atoms with Gasteiger partial charge in [-0.25, -0.2) is 0 Å². The molecule has 0 amide bonds. The molecule has 0 aromatic carbocycles. The van der Waals surface area contributed by atoms with Crippen LogP contribution >= 0.6 is 0 Å². The number of fused-ring (bicyclic) bond motifs is 2. The predicted molar refractivity (Wildman–Crippen MR) is 66.1 cm³/mol. The maximum absolute atomic E-state index is 11.4. The molecule has 0 aromatic rings. The van der Waals surface area contributed by atoms with Crippen LogP contribution in [0.1, 0.15) is 32.6 Å². The van der Waals surface area contributed by atoms with Crippen LogP contribution in [0.4, 0.5) is 0 Å². The van der Waals surface area contributed by atoms with E-state index >= 15 is 0 Å². The van der Waals surface area contributed by atoms with Crippen molar-refractivity contribution in [2.24, 2.45) is 17.8 Å². The second-order valence-corrected chi connectivity index (χ2v) is 5.17. The van der Waals surface area contributed by atoms with E-state index in [1.54, 1.807) is 0 Å². The first-order valence-electron chi connectivity index (χ1n) is 6.63. The fourth-order valence-corrected chi connectivity index (χ4v) is 3.38. The number of hydrogen-bond acceptors (Lipinski definition) is 3. The molecule has 0 saturated carbocycles.